The fraction of sp³-hybridized carbons (Fsp3) is 0.655. The van der Waals surface area contributed by atoms with Gasteiger partial charge in [-0.05, 0) is 99.3 Å². The maximum Gasteiger partial charge on any atom is 0.185 e. The van der Waals surface area contributed by atoms with E-state index in [1.807, 2.05) is 18.2 Å². The van der Waals surface area contributed by atoms with Crippen molar-refractivity contribution < 1.29 is 24.5 Å². The molecule has 1 aromatic rings. The molecule has 0 aliphatic heterocycles. The molecular formula is C29H47N3O5. The zero-order valence-corrected chi connectivity index (χ0v) is 22.7. The number of hydrogen-bond donors (Lipinski definition) is 4. The number of carbonyl (C=O) groups excluding carboxylic acids is 1. The Morgan fingerprint density at radius 2 is 2.00 bits per heavy atom. The number of ketones is 1. The Morgan fingerprint density at radius 1 is 1.24 bits per heavy atom. The minimum atomic E-state index is 0.0567. The highest BCUT2D eigenvalue weighted by Crippen LogP contribution is 2.37. The number of ether oxygens (including phenoxy) is 2. The van der Waals surface area contributed by atoms with E-state index in [0.717, 1.165) is 56.1 Å². The van der Waals surface area contributed by atoms with Gasteiger partial charge in [-0.3, -0.25) is 9.79 Å². The van der Waals surface area contributed by atoms with Crippen LogP contribution in [-0.2, 0) is 22.4 Å². The second kappa shape index (κ2) is 17.0. The van der Waals surface area contributed by atoms with Crippen LogP contribution in [0.15, 0.2) is 29.3 Å². The fourth-order valence-corrected chi connectivity index (χ4v) is 4.88. The molecule has 0 aromatic heterocycles. The summed E-state index contributed by atoms with van der Waals surface area (Å²) in [5, 5.41) is 20.3. The predicted molar refractivity (Wildman–Crippen MR) is 148 cm³/mol. The van der Waals surface area contributed by atoms with Gasteiger partial charge < -0.3 is 31.2 Å². The van der Waals surface area contributed by atoms with Crippen LogP contribution < -0.4 is 16.2 Å². The second-order valence-corrected chi connectivity index (χ2v) is 10.1. The van der Waals surface area contributed by atoms with Crippen LogP contribution in [-0.4, -0.2) is 54.9 Å². The van der Waals surface area contributed by atoms with E-state index in [4.69, 9.17) is 26.0 Å². The first-order valence-electron chi connectivity index (χ1n) is 13.7. The van der Waals surface area contributed by atoms with Crippen molar-refractivity contribution in [2.24, 2.45) is 28.3 Å². The highest BCUT2D eigenvalue weighted by molar-refractivity contribution is 5.89. The highest BCUT2D eigenvalue weighted by Gasteiger charge is 2.21. The van der Waals surface area contributed by atoms with E-state index in [1.165, 1.54) is 0 Å². The fourth-order valence-electron chi connectivity index (χ4n) is 4.88. The van der Waals surface area contributed by atoms with Gasteiger partial charge in [0.2, 0.25) is 0 Å². The van der Waals surface area contributed by atoms with Crippen molar-refractivity contribution in [3.63, 3.8) is 0 Å². The normalized spacial score (nSPS) is 15.6. The first-order valence-corrected chi connectivity index (χ1v) is 13.7. The van der Waals surface area contributed by atoms with Gasteiger partial charge in [0.15, 0.2) is 23.2 Å². The van der Waals surface area contributed by atoms with Gasteiger partial charge in [-0.15, -0.1) is 0 Å². The predicted octanol–water partition coefficient (Wildman–Crippen LogP) is 4.04. The van der Waals surface area contributed by atoms with Crippen molar-refractivity contribution in [1.29, 1.82) is 0 Å². The third-order valence-corrected chi connectivity index (χ3v) is 7.02. The minimum absolute atomic E-state index is 0.0567. The SMILES string of the molecule is CC[C@H](C=CC(=O)CCc1cc(C[C@H](CCCN=C(N)N)COC)c(O)c(OC2CCCC2)c1)CCO. The number of guanidine groups is 1. The smallest absolute Gasteiger partial charge is 0.185 e. The monoisotopic (exact) mass is 517 g/mol. The number of aliphatic hydroxyl groups is 1. The summed E-state index contributed by atoms with van der Waals surface area (Å²) in [5.41, 5.74) is 12.7. The molecule has 2 rings (SSSR count). The van der Waals surface area contributed by atoms with Crippen molar-refractivity contribution in [2.75, 3.05) is 26.9 Å². The first-order chi connectivity index (χ1) is 17.9. The number of hydrogen-bond acceptors (Lipinski definition) is 6. The number of nitrogens with two attached hydrogens (primary N) is 2. The molecule has 1 aliphatic carbocycles. The summed E-state index contributed by atoms with van der Waals surface area (Å²) in [4.78, 5) is 16.6. The lowest BCUT2D eigenvalue weighted by Gasteiger charge is -2.21. The van der Waals surface area contributed by atoms with Gasteiger partial charge in [-0.1, -0.05) is 19.1 Å². The molecule has 0 unspecified atom stereocenters. The number of phenols is 1. The van der Waals surface area contributed by atoms with Gasteiger partial charge in [-0.25, -0.2) is 0 Å². The van der Waals surface area contributed by atoms with E-state index in [0.29, 0.717) is 44.6 Å². The topological polar surface area (TPSA) is 140 Å². The Morgan fingerprint density at radius 3 is 2.65 bits per heavy atom. The summed E-state index contributed by atoms with van der Waals surface area (Å²) >= 11 is 0. The number of methoxy groups -OCH3 is 1. The average Bonchev–Trinajstić information content (AvgIpc) is 3.38. The van der Waals surface area contributed by atoms with E-state index in [-0.39, 0.29) is 42.0 Å². The largest absolute Gasteiger partial charge is 0.504 e. The summed E-state index contributed by atoms with van der Waals surface area (Å²) in [5.74, 6) is 1.23. The molecule has 8 heteroatoms. The number of aromatic hydroxyl groups is 1. The number of aliphatic imine (C=N–C) groups is 1. The van der Waals surface area contributed by atoms with Crippen LogP contribution in [0.3, 0.4) is 0 Å². The zero-order chi connectivity index (χ0) is 27.0. The highest BCUT2D eigenvalue weighted by atomic mass is 16.5. The number of aryl methyl sites for hydroxylation is 1. The summed E-state index contributed by atoms with van der Waals surface area (Å²) < 4.78 is 11.7. The molecule has 0 saturated heterocycles. The summed E-state index contributed by atoms with van der Waals surface area (Å²) in [6.45, 7) is 3.28. The van der Waals surface area contributed by atoms with E-state index in [2.05, 4.69) is 11.9 Å². The van der Waals surface area contributed by atoms with Crippen molar-refractivity contribution in [3.05, 3.63) is 35.4 Å². The van der Waals surface area contributed by atoms with Gasteiger partial charge in [0.05, 0.1) is 6.10 Å². The molecule has 1 fully saturated rings. The van der Waals surface area contributed by atoms with Crippen molar-refractivity contribution >= 4 is 11.7 Å². The molecule has 0 spiro atoms. The summed E-state index contributed by atoms with van der Waals surface area (Å²) in [6, 6.07) is 3.88. The third kappa shape index (κ3) is 11.6. The number of carbonyl (C=O) groups is 1. The van der Waals surface area contributed by atoms with Crippen LogP contribution in [0.25, 0.3) is 0 Å². The van der Waals surface area contributed by atoms with Gasteiger partial charge in [0.25, 0.3) is 0 Å². The van der Waals surface area contributed by atoms with E-state index >= 15 is 0 Å². The Hall–Kier alpha value is -2.58. The maximum absolute atomic E-state index is 12.5. The van der Waals surface area contributed by atoms with E-state index in [1.54, 1.807) is 13.2 Å². The molecule has 0 bridgehead atoms. The maximum atomic E-state index is 12.5. The van der Waals surface area contributed by atoms with Crippen LogP contribution >= 0.6 is 0 Å². The summed E-state index contributed by atoms with van der Waals surface area (Å²) in [6.07, 6.45) is 12.7. The van der Waals surface area contributed by atoms with Crippen LogP contribution in [0.5, 0.6) is 11.5 Å². The summed E-state index contributed by atoms with van der Waals surface area (Å²) in [7, 11) is 1.68. The van der Waals surface area contributed by atoms with Crippen molar-refractivity contribution in [3.8, 4) is 11.5 Å². The number of aliphatic hydroxyl groups excluding tert-OH is 1. The molecule has 1 saturated carbocycles. The quantitative estimate of drug-likeness (QED) is 0.0997. The standard InChI is InChI=1S/C29H47N3O5/c1-3-21(14-16-33)10-12-25(34)13-11-22-17-24(18-23(20-36-2)7-6-15-32-29(30)31)28(35)27(19-22)37-26-8-4-5-9-26/h10,12,17,19,21,23,26,33,35H,3-9,11,13-16,18,20H2,1-2H3,(H4,30,31,32)/t21-,23+/m1/s1. The molecule has 8 nitrogen and oxygen atoms in total. The Labute approximate surface area is 222 Å². The number of rotatable bonds is 18. The van der Waals surface area contributed by atoms with Crippen molar-refractivity contribution in [2.45, 2.75) is 83.7 Å². The molecular weight excluding hydrogens is 470 g/mol. The average molecular weight is 518 g/mol. The molecule has 2 atom stereocenters. The molecule has 6 N–H and O–H groups in total. The van der Waals surface area contributed by atoms with Gasteiger partial charge in [0.1, 0.15) is 0 Å². The number of allylic oxidation sites excluding steroid dienone is 2. The molecule has 1 aliphatic rings. The first kappa shape index (κ1) is 30.6. The molecule has 0 radical (unpaired) electrons. The van der Waals surface area contributed by atoms with Crippen molar-refractivity contribution in [1.82, 2.24) is 0 Å². The van der Waals surface area contributed by atoms with E-state index in [9.17, 15) is 9.90 Å². The van der Waals surface area contributed by atoms with E-state index < -0.39 is 0 Å². The third-order valence-electron chi connectivity index (χ3n) is 7.02. The Balaban J connectivity index is 2.16. The van der Waals surface area contributed by atoms with Crippen LogP contribution in [0.4, 0.5) is 0 Å². The lowest BCUT2D eigenvalue weighted by Crippen LogP contribution is -2.23. The molecule has 0 amide bonds. The zero-order valence-electron chi connectivity index (χ0n) is 22.7. The molecule has 0 heterocycles. The molecule has 37 heavy (non-hydrogen) atoms. The number of benzene rings is 1. The Bertz CT molecular complexity index is 877. The Kier molecular flexibility index (Phi) is 14.1. The van der Waals surface area contributed by atoms with Gasteiger partial charge in [-0.2, -0.15) is 0 Å². The molecule has 208 valence electrons. The van der Waals surface area contributed by atoms with Gasteiger partial charge >= 0.3 is 0 Å². The number of nitrogens with zero attached hydrogens (tertiary/aromatic N) is 1. The lowest BCUT2D eigenvalue weighted by atomic mass is 9.92. The minimum Gasteiger partial charge on any atom is -0.504 e. The van der Waals surface area contributed by atoms with Crippen LogP contribution in [0, 0.1) is 11.8 Å². The molecule has 1 aromatic carbocycles. The second-order valence-electron chi connectivity index (χ2n) is 10.1. The van der Waals surface area contributed by atoms with Crippen LogP contribution in [0.1, 0.15) is 75.8 Å². The number of phenolic OH excluding ortho intramolecular Hbond substituents is 1. The van der Waals surface area contributed by atoms with Gasteiger partial charge in [0, 0.05) is 33.3 Å². The lowest BCUT2D eigenvalue weighted by molar-refractivity contribution is -0.114. The van der Waals surface area contributed by atoms with Crippen LogP contribution in [0.2, 0.25) is 0 Å².